The van der Waals surface area contributed by atoms with Crippen LogP contribution < -0.4 is 11.1 Å². The number of hydrogen-bond donors (Lipinski definition) is 3. The van der Waals surface area contributed by atoms with Gasteiger partial charge in [-0.05, 0) is 98.9 Å². The normalized spacial score (nSPS) is 13.4. The molecule has 19 heteroatoms. The first-order chi connectivity index (χ1) is 28.7. The molecule has 0 saturated heterocycles. The van der Waals surface area contributed by atoms with Crippen molar-refractivity contribution in [3.63, 3.8) is 0 Å². The standard InChI is InChI=1S/C25H27F3N6O2.C17H12F3N3O2/c1-14-4-6-15(7-5-14)18-10-17(34-24(25(26,27)28)30-13-31-34)11-19(23(36)32-16-8-9-16)21(18)20(22(29)35)12-33(2)3;1-10-2-4-11(5-3-10)12-6-13(15(24)25)8-14(7-12)23-16(17(18,19)20)21-9-22-23/h4-7,10-11,13,16,20H,8-9,12H2,1-3H3,(H2,29,35)(H,32,36);2-9H,1H3,(H,24,25). The van der Waals surface area contributed by atoms with Gasteiger partial charge in [-0.1, -0.05) is 59.7 Å². The molecule has 2 heterocycles. The van der Waals surface area contributed by atoms with Gasteiger partial charge in [-0.25, -0.2) is 24.1 Å². The molecule has 1 atom stereocenters. The zero-order valence-corrected chi connectivity index (χ0v) is 33.1. The number of carboxylic acids is 1. The maximum Gasteiger partial charge on any atom is 0.451 e. The Labute approximate surface area is 344 Å². The van der Waals surface area contributed by atoms with E-state index in [-0.39, 0.29) is 35.1 Å². The minimum absolute atomic E-state index is 0.00632. The fraction of sp³-hybridized carbons (Fsp3) is 0.262. The van der Waals surface area contributed by atoms with E-state index >= 15 is 0 Å². The number of carboxylic acid groups (broad SMARTS) is 1. The maximum atomic E-state index is 13.7. The summed E-state index contributed by atoms with van der Waals surface area (Å²) in [7, 11) is 3.54. The number of carbonyl (C=O) groups excluding carboxylic acids is 2. The molecule has 4 N–H and O–H groups in total. The quantitative estimate of drug-likeness (QED) is 0.114. The summed E-state index contributed by atoms with van der Waals surface area (Å²) in [4.78, 5) is 45.9. The van der Waals surface area contributed by atoms with Crippen LogP contribution in [0, 0.1) is 13.8 Å². The number of alkyl halides is 6. The fourth-order valence-corrected chi connectivity index (χ4v) is 6.49. The van der Waals surface area contributed by atoms with Crippen LogP contribution in [0.25, 0.3) is 33.6 Å². The highest BCUT2D eigenvalue weighted by Gasteiger charge is 2.39. The molecule has 1 unspecified atom stereocenters. The molecule has 1 aliphatic carbocycles. The summed E-state index contributed by atoms with van der Waals surface area (Å²) in [5.74, 6) is -5.72. The molecule has 0 bridgehead atoms. The second-order valence-corrected chi connectivity index (χ2v) is 14.7. The highest BCUT2D eigenvalue weighted by atomic mass is 19.4. The molecule has 1 aliphatic rings. The average molecular weight is 848 g/mol. The van der Waals surface area contributed by atoms with Gasteiger partial charge in [0.05, 0.1) is 22.9 Å². The van der Waals surface area contributed by atoms with Crippen molar-refractivity contribution in [2.24, 2.45) is 5.73 Å². The number of rotatable bonds is 11. The summed E-state index contributed by atoms with van der Waals surface area (Å²) in [5.41, 5.74) is 10.2. The van der Waals surface area contributed by atoms with Gasteiger partial charge in [-0.2, -0.15) is 36.5 Å². The van der Waals surface area contributed by atoms with E-state index in [1.54, 1.807) is 43.3 Å². The first-order valence-corrected chi connectivity index (χ1v) is 18.6. The number of likely N-dealkylation sites (N-methyl/N-ethyl adjacent to an activating group) is 1. The van der Waals surface area contributed by atoms with Gasteiger partial charge in [-0.3, -0.25) is 9.59 Å². The number of carbonyl (C=O) groups is 3. The lowest BCUT2D eigenvalue weighted by molar-refractivity contribution is -0.147. The molecular weight excluding hydrogens is 809 g/mol. The van der Waals surface area contributed by atoms with Crippen LogP contribution in [0.15, 0.2) is 91.5 Å². The summed E-state index contributed by atoms with van der Waals surface area (Å²) >= 11 is 0. The van der Waals surface area contributed by atoms with E-state index in [0.29, 0.717) is 37.2 Å². The van der Waals surface area contributed by atoms with Gasteiger partial charge in [0.25, 0.3) is 5.91 Å². The van der Waals surface area contributed by atoms with Gasteiger partial charge in [0, 0.05) is 18.2 Å². The highest BCUT2D eigenvalue weighted by molar-refractivity contribution is 6.01. The van der Waals surface area contributed by atoms with Crippen LogP contribution in [0.2, 0.25) is 0 Å². The van der Waals surface area contributed by atoms with Crippen molar-refractivity contribution in [2.75, 3.05) is 20.6 Å². The molecule has 13 nitrogen and oxygen atoms in total. The molecule has 0 radical (unpaired) electrons. The van der Waals surface area contributed by atoms with Crippen molar-refractivity contribution in [1.29, 1.82) is 0 Å². The van der Waals surface area contributed by atoms with E-state index in [2.05, 4.69) is 25.5 Å². The lowest BCUT2D eigenvalue weighted by Crippen LogP contribution is -2.34. The number of primary amides is 1. The third kappa shape index (κ3) is 10.3. The fourth-order valence-electron chi connectivity index (χ4n) is 6.49. The average Bonchev–Trinajstić information content (AvgIpc) is 3.61. The maximum absolute atomic E-state index is 13.7. The first-order valence-electron chi connectivity index (χ1n) is 18.6. The van der Waals surface area contributed by atoms with Gasteiger partial charge in [0.2, 0.25) is 17.6 Å². The smallest absolute Gasteiger partial charge is 0.451 e. The van der Waals surface area contributed by atoms with Crippen LogP contribution in [0.5, 0.6) is 0 Å². The van der Waals surface area contributed by atoms with Gasteiger partial charge >= 0.3 is 18.3 Å². The number of benzene rings is 4. The number of hydrogen-bond acceptors (Lipinski definition) is 8. The SMILES string of the molecule is Cc1ccc(-c2cc(-n3ncnc3C(F)(F)F)cc(C(=O)NC3CC3)c2C(CN(C)C)C(N)=O)cc1.Cc1ccc(-c2cc(C(=O)O)cc(-n3ncnc3C(F)(F)F)c2)cc1. The Hall–Kier alpha value is -6.89. The number of amides is 2. The van der Waals surface area contributed by atoms with Gasteiger partial charge in [0.15, 0.2) is 0 Å². The van der Waals surface area contributed by atoms with Crippen molar-refractivity contribution in [3.05, 3.63) is 131 Å². The summed E-state index contributed by atoms with van der Waals surface area (Å²) in [6, 6.07) is 21.2. The summed E-state index contributed by atoms with van der Waals surface area (Å²) in [6.45, 7) is 4.00. The Balaban J connectivity index is 0.000000218. The van der Waals surface area contributed by atoms with Crippen LogP contribution in [0.3, 0.4) is 0 Å². The van der Waals surface area contributed by atoms with Crippen LogP contribution in [0.1, 0.15) is 67.8 Å². The largest absolute Gasteiger partial charge is 0.478 e. The lowest BCUT2D eigenvalue weighted by Gasteiger charge is -2.25. The Morgan fingerprint density at radius 2 is 1.28 bits per heavy atom. The Morgan fingerprint density at radius 1 is 0.770 bits per heavy atom. The second kappa shape index (κ2) is 17.4. The van der Waals surface area contributed by atoms with Crippen LogP contribution in [-0.2, 0) is 17.1 Å². The number of nitrogens with one attached hydrogen (secondary N) is 1. The Kier molecular flexibility index (Phi) is 12.4. The van der Waals surface area contributed by atoms with Gasteiger partial charge in [0.1, 0.15) is 12.7 Å². The molecule has 2 amide bonds. The van der Waals surface area contributed by atoms with Crippen molar-refractivity contribution >= 4 is 17.8 Å². The first kappa shape index (κ1) is 43.7. The molecule has 1 saturated carbocycles. The van der Waals surface area contributed by atoms with Crippen molar-refractivity contribution < 1.29 is 45.8 Å². The molecule has 318 valence electrons. The number of halogens is 6. The number of aromatic nitrogens is 6. The predicted molar refractivity (Wildman–Crippen MR) is 211 cm³/mol. The van der Waals surface area contributed by atoms with Crippen molar-refractivity contribution in [1.82, 2.24) is 39.7 Å². The van der Waals surface area contributed by atoms with E-state index in [9.17, 15) is 45.8 Å². The van der Waals surface area contributed by atoms with E-state index in [1.807, 2.05) is 38.1 Å². The molecule has 6 aromatic rings. The second-order valence-electron chi connectivity index (χ2n) is 14.7. The van der Waals surface area contributed by atoms with E-state index in [4.69, 9.17) is 5.73 Å². The molecule has 2 aromatic heterocycles. The summed E-state index contributed by atoms with van der Waals surface area (Å²) in [6.07, 6.45) is -6.27. The van der Waals surface area contributed by atoms with Crippen molar-refractivity contribution in [3.8, 4) is 33.6 Å². The lowest BCUT2D eigenvalue weighted by atomic mass is 9.84. The summed E-state index contributed by atoms with van der Waals surface area (Å²) < 4.78 is 81.4. The number of nitrogens with zero attached hydrogens (tertiary/aromatic N) is 7. The topological polar surface area (TPSA) is 174 Å². The third-order valence-corrected chi connectivity index (χ3v) is 9.57. The molecule has 7 rings (SSSR count). The minimum atomic E-state index is -4.77. The van der Waals surface area contributed by atoms with Crippen LogP contribution in [-0.4, -0.2) is 84.0 Å². The van der Waals surface area contributed by atoms with E-state index in [0.717, 1.165) is 42.7 Å². The molecular formula is C42H39F6N9O4. The zero-order chi connectivity index (χ0) is 44.4. The molecule has 4 aromatic carbocycles. The van der Waals surface area contributed by atoms with Crippen LogP contribution >= 0.6 is 0 Å². The number of aromatic carboxylic acids is 1. The Morgan fingerprint density at radius 3 is 1.74 bits per heavy atom. The summed E-state index contributed by atoms with van der Waals surface area (Å²) in [5, 5.41) is 19.6. The molecule has 0 aliphatic heterocycles. The van der Waals surface area contributed by atoms with E-state index < -0.39 is 47.7 Å². The van der Waals surface area contributed by atoms with Crippen LogP contribution in [0.4, 0.5) is 26.3 Å². The third-order valence-electron chi connectivity index (χ3n) is 9.57. The Bertz CT molecular complexity index is 2560. The predicted octanol–water partition coefficient (Wildman–Crippen LogP) is 7.24. The number of aryl methyl sites for hydroxylation is 2. The van der Waals surface area contributed by atoms with Crippen molar-refractivity contribution in [2.45, 2.75) is 51.0 Å². The van der Waals surface area contributed by atoms with Gasteiger partial charge in [-0.15, -0.1) is 0 Å². The van der Waals surface area contributed by atoms with Gasteiger partial charge < -0.3 is 21.1 Å². The molecule has 61 heavy (non-hydrogen) atoms. The highest BCUT2D eigenvalue weighted by Crippen LogP contribution is 2.38. The van der Waals surface area contributed by atoms with E-state index in [1.165, 1.54) is 24.3 Å². The monoisotopic (exact) mass is 847 g/mol. The molecule has 1 fully saturated rings. The minimum Gasteiger partial charge on any atom is -0.478 e. The molecule has 0 spiro atoms. The zero-order valence-electron chi connectivity index (χ0n) is 33.1. The number of nitrogens with two attached hydrogens (primary N) is 1.